The highest BCUT2D eigenvalue weighted by Gasteiger charge is 2.27. The van der Waals surface area contributed by atoms with Crippen molar-refractivity contribution >= 4 is 5.91 Å². The van der Waals surface area contributed by atoms with E-state index >= 15 is 0 Å². The fraction of sp³-hybridized carbons (Fsp3) is 0.500. The van der Waals surface area contributed by atoms with Gasteiger partial charge in [0.2, 0.25) is 5.91 Å². The summed E-state index contributed by atoms with van der Waals surface area (Å²) in [7, 11) is 1.38. The van der Waals surface area contributed by atoms with Crippen molar-refractivity contribution in [1.82, 2.24) is 4.90 Å². The summed E-state index contributed by atoms with van der Waals surface area (Å²) in [6, 6.07) is 6.95. The van der Waals surface area contributed by atoms with Crippen molar-refractivity contribution in [2.75, 3.05) is 20.2 Å². The molecular formula is C14H18F3NO2. The van der Waals surface area contributed by atoms with E-state index in [9.17, 15) is 18.0 Å². The number of halogens is 3. The van der Waals surface area contributed by atoms with Crippen molar-refractivity contribution in [2.45, 2.75) is 25.9 Å². The molecule has 0 unspecified atom stereocenters. The first-order valence-electron chi connectivity index (χ1n) is 6.34. The summed E-state index contributed by atoms with van der Waals surface area (Å²) in [6.45, 7) is 2.10. The van der Waals surface area contributed by atoms with Crippen LogP contribution in [0, 0.1) is 0 Å². The SMILES string of the molecule is CCOc1ccc(CC(=O)N(C)CCC(F)(F)F)cc1. The molecule has 0 fully saturated rings. The summed E-state index contributed by atoms with van der Waals surface area (Å²) >= 11 is 0. The first-order chi connectivity index (χ1) is 9.31. The molecule has 0 spiro atoms. The fourth-order valence-corrected chi connectivity index (χ4v) is 1.60. The maximum atomic E-state index is 12.1. The lowest BCUT2D eigenvalue weighted by Gasteiger charge is -2.18. The molecule has 0 bridgehead atoms. The Morgan fingerprint density at radius 1 is 1.25 bits per heavy atom. The van der Waals surface area contributed by atoms with Crippen molar-refractivity contribution in [3.8, 4) is 5.75 Å². The number of nitrogens with zero attached hydrogens (tertiary/aromatic N) is 1. The normalized spacial score (nSPS) is 11.2. The average Bonchev–Trinajstić information content (AvgIpc) is 2.37. The largest absolute Gasteiger partial charge is 0.494 e. The zero-order valence-corrected chi connectivity index (χ0v) is 11.5. The third-order valence-electron chi connectivity index (χ3n) is 2.75. The van der Waals surface area contributed by atoms with Gasteiger partial charge in [0.15, 0.2) is 0 Å². The summed E-state index contributed by atoms with van der Waals surface area (Å²) < 4.78 is 41.5. The second-order valence-corrected chi connectivity index (χ2v) is 4.43. The molecule has 0 aliphatic heterocycles. The van der Waals surface area contributed by atoms with Crippen molar-refractivity contribution in [3.63, 3.8) is 0 Å². The van der Waals surface area contributed by atoms with Crippen molar-refractivity contribution in [3.05, 3.63) is 29.8 Å². The summed E-state index contributed by atoms with van der Waals surface area (Å²) in [4.78, 5) is 12.9. The highest BCUT2D eigenvalue weighted by atomic mass is 19.4. The molecule has 0 radical (unpaired) electrons. The molecule has 6 heteroatoms. The Hall–Kier alpha value is -1.72. The number of rotatable bonds is 6. The topological polar surface area (TPSA) is 29.5 Å². The van der Waals surface area contributed by atoms with Crippen LogP contribution >= 0.6 is 0 Å². The Balaban J connectivity index is 2.48. The molecule has 0 heterocycles. The quantitative estimate of drug-likeness (QED) is 0.805. The molecule has 20 heavy (non-hydrogen) atoms. The van der Waals surface area contributed by atoms with Crippen LogP contribution in [-0.2, 0) is 11.2 Å². The van der Waals surface area contributed by atoms with Crippen LogP contribution < -0.4 is 4.74 Å². The maximum Gasteiger partial charge on any atom is 0.390 e. The highest BCUT2D eigenvalue weighted by Crippen LogP contribution is 2.19. The molecule has 0 saturated carbocycles. The van der Waals surface area contributed by atoms with E-state index in [4.69, 9.17) is 4.74 Å². The summed E-state index contributed by atoms with van der Waals surface area (Å²) in [5.41, 5.74) is 0.748. The van der Waals surface area contributed by atoms with Crippen molar-refractivity contribution < 1.29 is 22.7 Å². The molecule has 0 N–H and O–H groups in total. The van der Waals surface area contributed by atoms with Gasteiger partial charge in [-0.15, -0.1) is 0 Å². The first kappa shape index (κ1) is 16.3. The summed E-state index contributed by atoms with van der Waals surface area (Å²) in [6.07, 6.45) is -5.15. The van der Waals surface area contributed by atoms with E-state index in [-0.39, 0.29) is 18.9 Å². The van der Waals surface area contributed by atoms with E-state index in [1.807, 2.05) is 6.92 Å². The van der Waals surface area contributed by atoms with E-state index in [1.165, 1.54) is 7.05 Å². The minimum atomic E-state index is -4.24. The van der Waals surface area contributed by atoms with Crippen LogP contribution in [0.25, 0.3) is 0 Å². The van der Waals surface area contributed by atoms with Gasteiger partial charge in [0.1, 0.15) is 5.75 Å². The van der Waals surface area contributed by atoms with Crippen LogP contribution in [0.3, 0.4) is 0 Å². The smallest absolute Gasteiger partial charge is 0.390 e. The predicted molar refractivity (Wildman–Crippen MR) is 69.6 cm³/mol. The minimum absolute atomic E-state index is 0.0841. The zero-order valence-electron chi connectivity index (χ0n) is 11.5. The number of benzene rings is 1. The van der Waals surface area contributed by atoms with Gasteiger partial charge in [0, 0.05) is 13.6 Å². The monoisotopic (exact) mass is 289 g/mol. The Morgan fingerprint density at radius 3 is 2.35 bits per heavy atom. The number of ether oxygens (including phenoxy) is 1. The lowest BCUT2D eigenvalue weighted by atomic mass is 10.1. The molecule has 1 aromatic carbocycles. The zero-order chi connectivity index (χ0) is 15.2. The van der Waals surface area contributed by atoms with E-state index in [2.05, 4.69) is 0 Å². The Labute approximate surface area is 116 Å². The van der Waals surface area contributed by atoms with Gasteiger partial charge in [-0.25, -0.2) is 0 Å². The van der Waals surface area contributed by atoms with Crippen molar-refractivity contribution in [2.24, 2.45) is 0 Å². The lowest BCUT2D eigenvalue weighted by Crippen LogP contribution is -2.31. The number of amides is 1. The van der Waals surface area contributed by atoms with E-state index in [0.717, 1.165) is 10.5 Å². The third-order valence-corrected chi connectivity index (χ3v) is 2.75. The molecular weight excluding hydrogens is 271 g/mol. The summed E-state index contributed by atoms with van der Waals surface area (Å²) in [5, 5.41) is 0. The molecule has 1 aromatic rings. The number of hydrogen-bond acceptors (Lipinski definition) is 2. The lowest BCUT2D eigenvalue weighted by molar-refractivity contribution is -0.143. The number of carbonyl (C=O) groups excluding carboxylic acids is 1. The molecule has 3 nitrogen and oxygen atoms in total. The third kappa shape index (κ3) is 5.95. The van der Waals surface area contributed by atoms with Crippen LogP contribution in [0.2, 0.25) is 0 Å². The number of hydrogen-bond donors (Lipinski definition) is 0. The van der Waals surface area contributed by atoms with E-state index in [0.29, 0.717) is 12.4 Å². The standard InChI is InChI=1S/C14H18F3NO2/c1-3-20-12-6-4-11(5-7-12)10-13(19)18(2)9-8-14(15,16)17/h4-7H,3,8-10H2,1-2H3. The van der Waals surface area contributed by atoms with E-state index in [1.54, 1.807) is 24.3 Å². The highest BCUT2D eigenvalue weighted by molar-refractivity contribution is 5.78. The second-order valence-electron chi connectivity index (χ2n) is 4.43. The van der Waals surface area contributed by atoms with Gasteiger partial charge in [0.05, 0.1) is 19.4 Å². The Kier molecular flexibility index (Phi) is 5.85. The summed E-state index contributed by atoms with van der Waals surface area (Å²) in [5.74, 6) is 0.368. The molecule has 0 saturated heterocycles. The van der Waals surface area contributed by atoms with Crippen molar-refractivity contribution in [1.29, 1.82) is 0 Å². The van der Waals surface area contributed by atoms with Crippen LogP contribution in [0.1, 0.15) is 18.9 Å². The maximum absolute atomic E-state index is 12.1. The molecule has 0 aliphatic carbocycles. The molecule has 0 aromatic heterocycles. The number of carbonyl (C=O) groups is 1. The molecule has 0 atom stereocenters. The molecule has 1 amide bonds. The molecule has 112 valence electrons. The van der Waals surface area contributed by atoms with Crippen LogP contribution in [0.5, 0.6) is 5.75 Å². The Morgan fingerprint density at radius 2 is 1.85 bits per heavy atom. The molecule has 1 rings (SSSR count). The Bertz CT molecular complexity index is 429. The van der Waals surface area contributed by atoms with Gasteiger partial charge < -0.3 is 9.64 Å². The van der Waals surface area contributed by atoms with Gasteiger partial charge >= 0.3 is 6.18 Å². The fourth-order valence-electron chi connectivity index (χ4n) is 1.60. The van der Waals surface area contributed by atoms with Gasteiger partial charge in [-0.1, -0.05) is 12.1 Å². The van der Waals surface area contributed by atoms with Gasteiger partial charge in [-0.3, -0.25) is 4.79 Å². The number of likely N-dealkylation sites (N-methyl/N-ethyl adjacent to an activating group) is 1. The van der Waals surface area contributed by atoms with Gasteiger partial charge in [-0.05, 0) is 24.6 Å². The van der Waals surface area contributed by atoms with Crippen LogP contribution in [-0.4, -0.2) is 37.2 Å². The predicted octanol–water partition coefficient (Wildman–Crippen LogP) is 3.04. The first-order valence-corrected chi connectivity index (χ1v) is 6.34. The average molecular weight is 289 g/mol. The van der Waals surface area contributed by atoms with Crippen LogP contribution in [0.4, 0.5) is 13.2 Å². The molecule has 0 aliphatic rings. The van der Waals surface area contributed by atoms with Gasteiger partial charge in [-0.2, -0.15) is 13.2 Å². The van der Waals surface area contributed by atoms with Gasteiger partial charge in [0.25, 0.3) is 0 Å². The second kappa shape index (κ2) is 7.17. The van der Waals surface area contributed by atoms with E-state index < -0.39 is 12.6 Å². The van der Waals surface area contributed by atoms with Crippen LogP contribution in [0.15, 0.2) is 24.3 Å². The number of alkyl halides is 3. The minimum Gasteiger partial charge on any atom is -0.494 e.